The molecule has 0 aliphatic heterocycles. The molecule has 0 aliphatic carbocycles. The van der Waals surface area contributed by atoms with Gasteiger partial charge in [-0.05, 0) is 18.2 Å². The highest BCUT2D eigenvalue weighted by Crippen LogP contribution is 2.18. The fraction of sp³-hybridized carbons (Fsp3) is 0.500. The Morgan fingerprint density at radius 3 is 1.80 bits per heavy atom. The number of hydrazine groups is 1. The van der Waals surface area contributed by atoms with E-state index < -0.39 is 11.9 Å². The smallest absolute Gasteiger partial charge is 0.316 e. The predicted molar refractivity (Wildman–Crippen MR) is 101 cm³/mol. The summed E-state index contributed by atoms with van der Waals surface area (Å²) in [6.45, 7) is 10.4. The minimum atomic E-state index is -0.455. The average Bonchev–Trinajstić information content (AvgIpc) is 2.53. The summed E-state index contributed by atoms with van der Waals surface area (Å²) in [6, 6.07) is 7.33. The molecule has 0 spiro atoms. The zero-order valence-electron chi connectivity index (χ0n) is 15.6. The molecule has 0 saturated heterocycles. The zero-order valence-corrected chi connectivity index (χ0v) is 17.2. The summed E-state index contributed by atoms with van der Waals surface area (Å²) >= 11 is 3.32. The van der Waals surface area contributed by atoms with Gasteiger partial charge in [-0.25, -0.2) is 10.9 Å². The number of hydrogen-bond acceptors (Lipinski definition) is 5. The highest BCUT2D eigenvalue weighted by molar-refractivity contribution is 9.10. The van der Waals surface area contributed by atoms with Gasteiger partial charge in [0.1, 0.15) is 0 Å². The number of ether oxygens (including phenoxy) is 1. The van der Waals surface area contributed by atoms with Crippen molar-refractivity contribution in [3.63, 3.8) is 0 Å². The Labute approximate surface area is 157 Å². The normalized spacial score (nSPS) is 10.4. The molecule has 6 nitrogen and oxygen atoms in total. The average molecular weight is 415 g/mol. The Kier molecular flexibility index (Phi) is 10.2. The lowest BCUT2D eigenvalue weighted by molar-refractivity contribution is -0.164. The molecule has 1 aromatic rings. The van der Waals surface area contributed by atoms with Gasteiger partial charge in [0.05, 0.1) is 17.5 Å². The molecule has 0 unspecified atom stereocenters. The van der Waals surface area contributed by atoms with Gasteiger partial charge in [0.2, 0.25) is 5.91 Å². The van der Waals surface area contributed by atoms with Crippen molar-refractivity contribution < 1.29 is 19.1 Å². The van der Waals surface area contributed by atoms with Crippen LogP contribution in [0.25, 0.3) is 0 Å². The summed E-state index contributed by atoms with van der Waals surface area (Å²) in [5.41, 5.74) is 0.693. The fourth-order valence-electron chi connectivity index (χ4n) is 1.37. The number of esters is 2. The topological polar surface area (TPSA) is 89.7 Å². The summed E-state index contributed by atoms with van der Waals surface area (Å²) in [4.78, 5) is 33.2. The summed E-state index contributed by atoms with van der Waals surface area (Å²) in [7, 11) is 0. The highest BCUT2D eigenvalue weighted by Gasteiger charge is 2.16. The lowest BCUT2D eigenvalue weighted by Gasteiger charge is -2.18. The molecule has 1 amide bonds. The molecule has 0 bridgehead atoms. The quantitative estimate of drug-likeness (QED) is 0.266. The van der Waals surface area contributed by atoms with E-state index in [1.807, 2.05) is 26.0 Å². The van der Waals surface area contributed by atoms with Crippen LogP contribution in [0, 0.1) is 17.8 Å². The number of halogens is 1. The van der Waals surface area contributed by atoms with Crippen LogP contribution < -0.4 is 10.9 Å². The third kappa shape index (κ3) is 8.79. The maximum absolute atomic E-state index is 11.5. The van der Waals surface area contributed by atoms with E-state index >= 15 is 0 Å². The summed E-state index contributed by atoms with van der Waals surface area (Å²) < 4.78 is 5.40. The van der Waals surface area contributed by atoms with E-state index in [-0.39, 0.29) is 23.7 Å². The lowest BCUT2D eigenvalue weighted by atomic mass is 10.2. The first-order valence-electron chi connectivity index (χ1n) is 8.07. The van der Waals surface area contributed by atoms with Crippen molar-refractivity contribution in [2.45, 2.75) is 41.5 Å². The molecule has 25 heavy (non-hydrogen) atoms. The van der Waals surface area contributed by atoms with Gasteiger partial charge >= 0.3 is 11.9 Å². The van der Waals surface area contributed by atoms with Crippen LogP contribution in [-0.2, 0) is 19.1 Å². The molecule has 0 heterocycles. The first-order valence-corrected chi connectivity index (χ1v) is 8.86. The Hall–Kier alpha value is -1.73. The summed E-state index contributed by atoms with van der Waals surface area (Å²) in [5, 5.41) is 1.18. The first kappa shape index (κ1) is 23.3. The number of amides is 1. The number of carbonyl (C=O) groups is 3. The zero-order chi connectivity index (χ0) is 19.7. The van der Waals surface area contributed by atoms with Crippen LogP contribution >= 0.6 is 15.9 Å². The Bertz CT molecular complexity index is 582. The van der Waals surface area contributed by atoms with Gasteiger partial charge in [0.15, 0.2) is 0 Å². The molecule has 1 aromatic carbocycles. The van der Waals surface area contributed by atoms with Crippen molar-refractivity contribution in [1.82, 2.24) is 0 Å². The largest absolute Gasteiger partial charge is 0.393 e. The number of hydrogen-bond donors (Lipinski definition) is 1. The third-order valence-corrected chi connectivity index (χ3v) is 3.45. The highest BCUT2D eigenvalue weighted by atomic mass is 79.9. The standard InChI is InChI=1S/C10H13BrN2O.C8H14O3/c1-7(2)10(14)13(12)9-5-3-4-8(11)6-9;1-5(2)7(9)11-8(10)6(3)4/h3-7H,12H2,1-2H3;5-6H,1-4H3. The molecular formula is C18H27BrN2O4. The van der Waals surface area contributed by atoms with Crippen molar-refractivity contribution in [2.24, 2.45) is 23.6 Å². The SMILES string of the molecule is CC(C)C(=O)N(N)c1cccc(Br)c1.CC(C)C(=O)OC(=O)C(C)C. The Morgan fingerprint density at radius 2 is 1.44 bits per heavy atom. The number of carbonyl (C=O) groups excluding carboxylic acids is 3. The van der Waals surface area contributed by atoms with Crippen LogP contribution in [0.3, 0.4) is 0 Å². The molecule has 2 N–H and O–H groups in total. The molecule has 0 atom stereocenters. The van der Waals surface area contributed by atoms with Crippen molar-refractivity contribution in [3.8, 4) is 0 Å². The fourth-order valence-corrected chi connectivity index (χ4v) is 1.75. The van der Waals surface area contributed by atoms with Crippen LogP contribution in [-0.4, -0.2) is 17.8 Å². The van der Waals surface area contributed by atoms with Crippen molar-refractivity contribution in [1.29, 1.82) is 0 Å². The second-order valence-corrected chi connectivity index (χ2v) is 7.31. The van der Waals surface area contributed by atoms with E-state index in [0.717, 1.165) is 4.47 Å². The maximum atomic E-state index is 11.5. The molecule has 7 heteroatoms. The van der Waals surface area contributed by atoms with E-state index in [0.29, 0.717) is 5.69 Å². The van der Waals surface area contributed by atoms with Crippen LogP contribution in [0.1, 0.15) is 41.5 Å². The second-order valence-electron chi connectivity index (χ2n) is 6.39. The number of anilines is 1. The predicted octanol–water partition coefficient (Wildman–Crippen LogP) is 3.68. The summed E-state index contributed by atoms with van der Waals surface area (Å²) in [6.07, 6.45) is 0. The van der Waals surface area contributed by atoms with Crippen molar-refractivity contribution in [3.05, 3.63) is 28.7 Å². The van der Waals surface area contributed by atoms with Gasteiger partial charge in [-0.15, -0.1) is 0 Å². The van der Waals surface area contributed by atoms with Gasteiger partial charge < -0.3 is 4.74 Å². The molecule has 0 aliphatic rings. The molecule has 0 radical (unpaired) electrons. The maximum Gasteiger partial charge on any atom is 0.316 e. The molecular weight excluding hydrogens is 388 g/mol. The van der Waals surface area contributed by atoms with Crippen LogP contribution in [0.15, 0.2) is 28.7 Å². The van der Waals surface area contributed by atoms with Crippen molar-refractivity contribution in [2.75, 3.05) is 5.01 Å². The van der Waals surface area contributed by atoms with E-state index in [2.05, 4.69) is 20.7 Å². The summed E-state index contributed by atoms with van der Waals surface area (Å²) in [5.74, 6) is 4.09. The van der Waals surface area contributed by atoms with Gasteiger partial charge in [-0.2, -0.15) is 0 Å². The first-order chi connectivity index (χ1) is 11.5. The second kappa shape index (κ2) is 11.0. The minimum Gasteiger partial charge on any atom is -0.393 e. The minimum absolute atomic E-state index is 0.0944. The molecule has 0 aromatic heterocycles. The van der Waals surface area contributed by atoms with Crippen LogP contribution in [0.4, 0.5) is 5.69 Å². The number of nitrogens with zero attached hydrogens (tertiary/aromatic N) is 1. The van der Waals surface area contributed by atoms with E-state index in [4.69, 9.17) is 5.84 Å². The van der Waals surface area contributed by atoms with Crippen molar-refractivity contribution >= 4 is 39.5 Å². The van der Waals surface area contributed by atoms with Gasteiger partial charge in [-0.3, -0.25) is 14.4 Å². The van der Waals surface area contributed by atoms with E-state index in [1.54, 1.807) is 39.8 Å². The van der Waals surface area contributed by atoms with Gasteiger partial charge in [0, 0.05) is 10.4 Å². The number of benzene rings is 1. The number of rotatable bonds is 4. The van der Waals surface area contributed by atoms with Crippen LogP contribution in [0.5, 0.6) is 0 Å². The molecule has 0 fully saturated rings. The Morgan fingerprint density at radius 1 is 0.960 bits per heavy atom. The third-order valence-electron chi connectivity index (χ3n) is 2.96. The Balaban J connectivity index is 0.000000477. The lowest BCUT2D eigenvalue weighted by Crippen LogP contribution is -2.40. The monoisotopic (exact) mass is 414 g/mol. The van der Waals surface area contributed by atoms with Gasteiger partial charge in [0.25, 0.3) is 0 Å². The van der Waals surface area contributed by atoms with Gasteiger partial charge in [-0.1, -0.05) is 63.5 Å². The number of nitrogens with two attached hydrogens (primary N) is 1. The van der Waals surface area contributed by atoms with E-state index in [9.17, 15) is 14.4 Å². The molecule has 0 saturated carbocycles. The van der Waals surface area contributed by atoms with E-state index in [1.165, 1.54) is 5.01 Å². The molecule has 140 valence electrons. The van der Waals surface area contributed by atoms with Crippen LogP contribution in [0.2, 0.25) is 0 Å². The molecule has 1 rings (SSSR count).